The Morgan fingerprint density at radius 3 is 2.17 bits per heavy atom. The van der Waals surface area contributed by atoms with Crippen LogP contribution in [-0.2, 0) is 14.4 Å². The average molecular weight is 412 g/mol. The number of urea groups is 1. The number of amides is 5. The molecule has 1 aromatic rings. The molecule has 2 heterocycles. The molecule has 1 N–H and O–H groups in total. The Labute approximate surface area is 164 Å². The molecule has 0 bridgehead atoms. The van der Waals surface area contributed by atoms with Gasteiger partial charge in [-0.25, -0.2) is 14.6 Å². The minimum Gasteiger partial charge on any atom is -0.326 e. The number of anilines is 1. The van der Waals surface area contributed by atoms with E-state index in [4.69, 9.17) is 0 Å². The molecule has 0 aliphatic carbocycles. The number of alkyl halides is 3. The van der Waals surface area contributed by atoms with Gasteiger partial charge in [-0.15, -0.1) is 0 Å². The fourth-order valence-corrected chi connectivity index (χ4v) is 3.30. The number of halogens is 3. The molecule has 2 aliphatic rings. The van der Waals surface area contributed by atoms with Gasteiger partial charge in [-0.3, -0.25) is 19.3 Å². The molecular formula is C18H19F3N4O4. The molecule has 5 amide bonds. The maximum absolute atomic E-state index is 12.5. The summed E-state index contributed by atoms with van der Waals surface area (Å²) in [7, 11) is 0. The SMILES string of the molecule is O=C(Nc1ccccc1)C1CCN(CN2C(=O)C(=O)N(CC(F)(F)F)C2=O)CC1. The van der Waals surface area contributed by atoms with Crippen LogP contribution in [0, 0.1) is 5.92 Å². The zero-order valence-corrected chi connectivity index (χ0v) is 15.3. The Morgan fingerprint density at radius 2 is 1.59 bits per heavy atom. The number of rotatable bonds is 5. The van der Waals surface area contributed by atoms with E-state index >= 15 is 0 Å². The molecule has 2 aliphatic heterocycles. The molecule has 0 aromatic heterocycles. The van der Waals surface area contributed by atoms with Crippen LogP contribution in [0.1, 0.15) is 12.8 Å². The lowest BCUT2D eigenvalue weighted by Crippen LogP contribution is -2.47. The molecule has 2 saturated heterocycles. The van der Waals surface area contributed by atoms with Gasteiger partial charge in [-0.2, -0.15) is 13.2 Å². The number of carbonyl (C=O) groups excluding carboxylic acids is 4. The molecule has 0 unspecified atom stereocenters. The number of likely N-dealkylation sites (tertiary alicyclic amines) is 1. The molecule has 3 rings (SSSR count). The van der Waals surface area contributed by atoms with E-state index in [2.05, 4.69) is 5.32 Å². The number of imide groups is 2. The molecule has 0 saturated carbocycles. The number of benzene rings is 1. The summed E-state index contributed by atoms with van der Waals surface area (Å²) < 4.78 is 37.6. The van der Waals surface area contributed by atoms with E-state index in [1.165, 1.54) is 0 Å². The molecule has 2 fully saturated rings. The predicted molar refractivity (Wildman–Crippen MR) is 94.2 cm³/mol. The number of hydrogen-bond acceptors (Lipinski definition) is 5. The van der Waals surface area contributed by atoms with Crippen molar-refractivity contribution in [3.05, 3.63) is 30.3 Å². The van der Waals surface area contributed by atoms with Crippen molar-refractivity contribution in [3.63, 3.8) is 0 Å². The van der Waals surface area contributed by atoms with Gasteiger partial charge in [0.05, 0.1) is 6.67 Å². The molecule has 156 valence electrons. The molecule has 0 atom stereocenters. The van der Waals surface area contributed by atoms with E-state index < -0.39 is 30.6 Å². The van der Waals surface area contributed by atoms with Gasteiger partial charge >= 0.3 is 24.0 Å². The van der Waals surface area contributed by atoms with E-state index in [1.807, 2.05) is 6.07 Å². The summed E-state index contributed by atoms with van der Waals surface area (Å²) in [5.41, 5.74) is 0.677. The Morgan fingerprint density at radius 1 is 1.00 bits per heavy atom. The number of carbonyl (C=O) groups is 4. The lowest BCUT2D eigenvalue weighted by molar-refractivity contribution is -0.156. The second-order valence-electron chi connectivity index (χ2n) is 6.91. The first-order valence-electron chi connectivity index (χ1n) is 8.98. The van der Waals surface area contributed by atoms with Crippen molar-refractivity contribution < 1.29 is 32.3 Å². The average Bonchev–Trinajstić information content (AvgIpc) is 2.86. The van der Waals surface area contributed by atoms with Gasteiger partial charge in [0.1, 0.15) is 6.54 Å². The molecule has 29 heavy (non-hydrogen) atoms. The summed E-state index contributed by atoms with van der Waals surface area (Å²) in [5.74, 6) is -3.16. The van der Waals surface area contributed by atoms with Crippen LogP contribution >= 0.6 is 0 Å². The summed E-state index contributed by atoms with van der Waals surface area (Å²) in [6.45, 7) is -1.37. The number of piperidine rings is 1. The Bertz CT molecular complexity index is 807. The smallest absolute Gasteiger partial charge is 0.326 e. The summed E-state index contributed by atoms with van der Waals surface area (Å²) in [6, 6.07) is 7.68. The van der Waals surface area contributed by atoms with Crippen LogP contribution in [0.5, 0.6) is 0 Å². The normalized spacial score (nSPS) is 19.2. The molecule has 11 heteroatoms. The lowest BCUT2D eigenvalue weighted by atomic mass is 9.96. The minimum atomic E-state index is -4.79. The Balaban J connectivity index is 1.52. The van der Waals surface area contributed by atoms with Crippen molar-refractivity contribution in [2.24, 2.45) is 5.92 Å². The van der Waals surface area contributed by atoms with Crippen LogP contribution in [0.25, 0.3) is 0 Å². The molecule has 1 aromatic carbocycles. The van der Waals surface area contributed by atoms with E-state index in [9.17, 15) is 32.3 Å². The standard InChI is InChI=1S/C18H19F3N4O4/c19-18(20,21)10-24-15(27)16(28)25(17(24)29)11-23-8-6-12(7-9-23)14(26)22-13-4-2-1-3-5-13/h1-5,12H,6-11H2,(H,22,26). The topological polar surface area (TPSA) is 90.0 Å². The fraction of sp³-hybridized carbons (Fsp3) is 0.444. The van der Waals surface area contributed by atoms with Crippen LogP contribution in [0.15, 0.2) is 30.3 Å². The van der Waals surface area contributed by atoms with Gasteiger partial charge in [-0.05, 0) is 25.0 Å². The van der Waals surface area contributed by atoms with Gasteiger partial charge in [-0.1, -0.05) is 18.2 Å². The van der Waals surface area contributed by atoms with Crippen LogP contribution < -0.4 is 5.32 Å². The number of para-hydroxylation sites is 1. The Hall–Kier alpha value is -2.95. The highest BCUT2D eigenvalue weighted by molar-refractivity contribution is 6.44. The van der Waals surface area contributed by atoms with Crippen LogP contribution in [0.4, 0.5) is 23.7 Å². The second-order valence-corrected chi connectivity index (χ2v) is 6.91. The van der Waals surface area contributed by atoms with Gasteiger partial charge < -0.3 is 5.32 Å². The third kappa shape index (κ3) is 4.91. The third-order valence-electron chi connectivity index (χ3n) is 4.81. The molecule has 0 radical (unpaired) electrons. The lowest BCUT2D eigenvalue weighted by Gasteiger charge is -2.33. The summed E-state index contributed by atoms with van der Waals surface area (Å²) >= 11 is 0. The van der Waals surface area contributed by atoms with Gasteiger partial charge in [0.2, 0.25) is 5.91 Å². The summed E-state index contributed by atoms with van der Waals surface area (Å²) in [6.07, 6.45) is -3.88. The monoisotopic (exact) mass is 412 g/mol. The van der Waals surface area contributed by atoms with Gasteiger partial charge in [0.15, 0.2) is 0 Å². The number of nitrogens with one attached hydrogen (secondary N) is 1. The van der Waals surface area contributed by atoms with Gasteiger partial charge in [0.25, 0.3) is 0 Å². The molecule has 0 spiro atoms. The maximum atomic E-state index is 12.5. The van der Waals surface area contributed by atoms with Crippen LogP contribution in [0.3, 0.4) is 0 Å². The van der Waals surface area contributed by atoms with E-state index in [0.29, 0.717) is 36.5 Å². The highest BCUT2D eigenvalue weighted by atomic mass is 19.4. The zero-order valence-electron chi connectivity index (χ0n) is 15.3. The highest BCUT2D eigenvalue weighted by Gasteiger charge is 2.49. The van der Waals surface area contributed by atoms with Crippen molar-refractivity contribution in [3.8, 4) is 0 Å². The fourth-order valence-electron chi connectivity index (χ4n) is 3.30. The quantitative estimate of drug-likeness (QED) is 0.587. The largest absolute Gasteiger partial charge is 0.406 e. The molecule has 8 nitrogen and oxygen atoms in total. The highest BCUT2D eigenvalue weighted by Crippen LogP contribution is 2.24. The molecular weight excluding hydrogens is 393 g/mol. The first-order valence-corrected chi connectivity index (χ1v) is 8.98. The van der Waals surface area contributed by atoms with Crippen LogP contribution in [0.2, 0.25) is 0 Å². The van der Waals surface area contributed by atoms with Crippen molar-refractivity contribution in [1.82, 2.24) is 14.7 Å². The van der Waals surface area contributed by atoms with Gasteiger partial charge in [0, 0.05) is 24.7 Å². The van der Waals surface area contributed by atoms with E-state index in [0.717, 1.165) is 0 Å². The van der Waals surface area contributed by atoms with Crippen molar-refractivity contribution in [2.45, 2.75) is 19.0 Å². The first-order chi connectivity index (χ1) is 13.7. The first kappa shape index (κ1) is 20.8. The predicted octanol–water partition coefficient (Wildman–Crippen LogP) is 1.65. The van der Waals surface area contributed by atoms with E-state index in [1.54, 1.807) is 29.2 Å². The van der Waals surface area contributed by atoms with Crippen molar-refractivity contribution >= 4 is 29.4 Å². The number of nitrogens with zero attached hydrogens (tertiary/aromatic N) is 3. The summed E-state index contributed by atoms with van der Waals surface area (Å²) in [4.78, 5) is 50.1. The van der Waals surface area contributed by atoms with Crippen molar-refractivity contribution in [2.75, 3.05) is 31.6 Å². The summed E-state index contributed by atoms with van der Waals surface area (Å²) in [5, 5.41) is 2.81. The Kier molecular flexibility index (Phi) is 5.87. The second kappa shape index (κ2) is 8.19. The zero-order chi connectivity index (χ0) is 21.2. The van der Waals surface area contributed by atoms with Crippen LogP contribution in [-0.4, -0.2) is 70.9 Å². The maximum Gasteiger partial charge on any atom is 0.406 e. The number of hydrogen-bond donors (Lipinski definition) is 1. The van der Waals surface area contributed by atoms with Crippen molar-refractivity contribution in [1.29, 1.82) is 0 Å². The third-order valence-corrected chi connectivity index (χ3v) is 4.81. The van der Waals surface area contributed by atoms with E-state index in [-0.39, 0.29) is 23.4 Å². The minimum absolute atomic E-state index is 0.0949.